The van der Waals surface area contributed by atoms with Gasteiger partial charge >= 0.3 is 0 Å². The lowest BCUT2D eigenvalue weighted by molar-refractivity contribution is -0.00461. The molecule has 1 saturated heterocycles. The van der Waals surface area contributed by atoms with E-state index in [1.54, 1.807) is 14.2 Å². The molecule has 0 unspecified atom stereocenters. The van der Waals surface area contributed by atoms with E-state index in [2.05, 4.69) is 0 Å². The maximum Gasteiger partial charge on any atom is 0.109 e. The van der Waals surface area contributed by atoms with Gasteiger partial charge in [-0.1, -0.05) is 0 Å². The van der Waals surface area contributed by atoms with Gasteiger partial charge in [0.2, 0.25) is 0 Å². The van der Waals surface area contributed by atoms with Gasteiger partial charge in [0.15, 0.2) is 0 Å². The lowest BCUT2D eigenvalue weighted by Crippen LogP contribution is -2.27. The smallest absolute Gasteiger partial charge is 0.109 e. The molecule has 0 aromatic rings. The predicted molar refractivity (Wildman–Crippen MR) is 32.4 cm³/mol. The second kappa shape index (κ2) is 3.15. The van der Waals surface area contributed by atoms with Crippen LogP contribution in [0.15, 0.2) is 0 Å². The van der Waals surface area contributed by atoms with Gasteiger partial charge in [0.05, 0.1) is 13.2 Å². The Bertz CT molecular complexity index is 74.4. The van der Waals surface area contributed by atoms with Crippen LogP contribution in [0, 0.1) is 0 Å². The van der Waals surface area contributed by atoms with Crippen LogP contribution in [0.3, 0.4) is 0 Å². The minimum atomic E-state index is 0.134. The van der Waals surface area contributed by atoms with Gasteiger partial charge in [-0.05, 0) is 0 Å². The van der Waals surface area contributed by atoms with Gasteiger partial charge in [0.1, 0.15) is 12.2 Å². The van der Waals surface area contributed by atoms with E-state index in [0.717, 1.165) is 0 Å². The summed E-state index contributed by atoms with van der Waals surface area (Å²) in [7, 11) is 3.34. The molecule has 3 nitrogen and oxygen atoms in total. The topological polar surface area (TPSA) is 27.7 Å². The largest absolute Gasteiger partial charge is 0.376 e. The average Bonchev–Trinajstić information content (AvgIpc) is 2.33. The summed E-state index contributed by atoms with van der Waals surface area (Å²) >= 11 is 0. The first kappa shape index (κ1) is 6.99. The standard InChI is InChI=1S/C6H12O3/c1-7-5-3-9-4-6(5)8-2/h5-6H,3-4H2,1-2H3/t5-,6-/m1/s1. The highest BCUT2D eigenvalue weighted by atomic mass is 16.6. The Morgan fingerprint density at radius 3 is 1.89 bits per heavy atom. The number of hydrogen-bond acceptors (Lipinski definition) is 3. The second-order valence-electron chi connectivity index (χ2n) is 2.09. The zero-order chi connectivity index (χ0) is 6.69. The number of rotatable bonds is 2. The first-order chi connectivity index (χ1) is 4.38. The van der Waals surface area contributed by atoms with Gasteiger partial charge in [-0.2, -0.15) is 0 Å². The fraction of sp³-hybridized carbons (Fsp3) is 1.00. The van der Waals surface area contributed by atoms with Crippen LogP contribution in [0.25, 0.3) is 0 Å². The molecule has 0 bridgehead atoms. The van der Waals surface area contributed by atoms with Gasteiger partial charge in [-0.25, -0.2) is 0 Å². The minimum absolute atomic E-state index is 0.134. The highest BCUT2D eigenvalue weighted by molar-refractivity contribution is 4.75. The Balaban J connectivity index is 2.32. The van der Waals surface area contributed by atoms with Crippen LogP contribution in [-0.4, -0.2) is 39.6 Å². The molecule has 1 heterocycles. The van der Waals surface area contributed by atoms with Gasteiger partial charge in [0, 0.05) is 14.2 Å². The molecule has 0 aromatic heterocycles. The van der Waals surface area contributed by atoms with E-state index in [0.29, 0.717) is 13.2 Å². The van der Waals surface area contributed by atoms with Gasteiger partial charge in [0.25, 0.3) is 0 Å². The number of ether oxygens (including phenoxy) is 3. The monoisotopic (exact) mass is 132 g/mol. The van der Waals surface area contributed by atoms with E-state index in [1.165, 1.54) is 0 Å². The maximum atomic E-state index is 5.10. The van der Waals surface area contributed by atoms with E-state index in [-0.39, 0.29) is 12.2 Å². The summed E-state index contributed by atoms with van der Waals surface area (Å²) in [6, 6.07) is 0. The quantitative estimate of drug-likeness (QED) is 0.531. The van der Waals surface area contributed by atoms with E-state index in [1.807, 2.05) is 0 Å². The molecule has 1 aliphatic heterocycles. The van der Waals surface area contributed by atoms with E-state index >= 15 is 0 Å². The van der Waals surface area contributed by atoms with E-state index in [9.17, 15) is 0 Å². The van der Waals surface area contributed by atoms with E-state index < -0.39 is 0 Å². The summed E-state index contributed by atoms with van der Waals surface area (Å²) in [6.45, 7) is 1.32. The lowest BCUT2D eigenvalue weighted by atomic mass is 10.3. The van der Waals surface area contributed by atoms with Crippen molar-refractivity contribution in [3.05, 3.63) is 0 Å². The summed E-state index contributed by atoms with van der Waals surface area (Å²) in [5.41, 5.74) is 0. The Hall–Kier alpha value is -0.120. The fourth-order valence-electron chi connectivity index (χ4n) is 0.955. The first-order valence-electron chi connectivity index (χ1n) is 3.02. The molecule has 1 rings (SSSR count). The molecule has 1 aliphatic rings. The van der Waals surface area contributed by atoms with Gasteiger partial charge in [-0.15, -0.1) is 0 Å². The third kappa shape index (κ3) is 1.41. The molecule has 3 heteroatoms. The van der Waals surface area contributed by atoms with Crippen LogP contribution in [0.5, 0.6) is 0 Å². The number of hydrogen-bond donors (Lipinski definition) is 0. The Kier molecular flexibility index (Phi) is 2.45. The SMILES string of the molecule is CO[C@@H]1COC[C@H]1OC. The normalized spacial score (nSPS) is 35.3. The second-order valence-corrected chi connectivity index (χ2v) is 2.09. The lowest BCUT2D eigenvalue weighted by Gasteiger charge is -2.12. The van der Waals surface area contributed by atoms with Crippen molar-refractivity contribution in [1.82, 2.24) is 0 Å². The Labute approximate surface area is 54.9 Å². The number of methoxy groups -OCH3 is 2. The van der Waals surface area contributed by atoms with E-state index in [4.69, 9.17) is 14.2 Å². The molecule has 0 saturated carbocycles. The zero-order valence-corrected chi connectivity index (χ0v) is 5.79. The molecule has 0 spiro atoms. The first-order valence-corrected chi connectivity index (χ1v) is 3.02. The van der Waals surface area contributed by atoms with Crippen molar-refractivity contribution >= 4 is 0 Å². The maximum absolute atomic E-state index is 5.10. The van der Waals surface area contributed by atoms with Crippen molar-refractivity contribution < 1.29 is 14.2 Å². The molecular formula is C6H12O3. The van der Waals surface area contributed by atoms with Gasteiger partial charge in [-0.3, -0.25) is 0 Å². The molecule has 1 fully saturated rings. The summed E-state index contributed by atoms with van der Waals surface area (Å²) in [5.74, 6) is 0. The van der Waals surface area contributed by atoms with Crippen molar-refractivity contribution in [2.45, 2.75) is 12.2 Å². The zero-order valence-electron chi connectivity index (χ0n) is 5.79. The van der Waals surface area contributed by atoms with Crippen molar-refractivity contribution in [2.24, 2.45) is 0 Å². The summed E-state index contributed by atoms with van der Waals surface area (Å²) in [6.07, 6.45) is 0.269. The predicted octanol–water partition coefficient (Wildman–Crippen LogP) is 0.0466. The van der Waals surface area contributed by atoms with Crippen molar-refractivity contribution in [3.8, 4) is 0 Å². The summed E-state index contributed by atoms with van der Waals surface area (Å²) in [5, 5.41) is 0. The van der Waals surface area contributed by atoms with Crippen LogP contribution in [0.4, 0.5) is 0 Å². The van der Waals surface area contributed by atoms with Gasteiger partial charge < -0.3 is 14.2 Å². The average molecular weight is 132 g/mol. The Morgan fingerprint density at radius 1 is 1.11 bits per heavy atom. The van der Waals surface area contributed by atoms with Crippen LogP contribution in [-0.2, 0) is 14.2 Å². The molecule has 0 radical (unpaired) electrons. The minimum Gasteiger partial charge on any atom is -0.376 e. The fourth-order valence-corrected chi connectivity index (χ4v) is 0.955. The van der Waals surface area contributed by atoms with Crippen LogP contribution < -0.4 is 0 Å². The van der Waals surface area contributed by atoms with Crippen molar-refractivity contribution in [3.63, 3.8) is 0 Å². The highest BCUT2D eigenvalue weighted by Crippen LogP contribution is 2.10. The highest BCUT2D eigenvalue weighted by Gasteiger charge is 2.27. The van der Waals surface area contributed by atoms with Crippen LogP contribution in [0.2, 0.25) is 0 Å². The molecular weight excluding hydrogens is 120 g/mol. The van der Waals surface area contributed by atoms with Crippen LogP contribution >= 0.6 is 0 Å². The summed E-state index contributed by atoms with van der Waals surface area (Å²) < 4.78 is 15.2. The molecule has 0 aromatic carbocycles. The van der Waals surface area contributed by atoms with Crippen molar-refractivity contribution in [1.29, 1.82) is 0 Å². The van der Waals surface area contributed by atoms with Crippen molar-refractivity contribution in [2.75, 3.05) is 27.4 Å². The Morgan fingerprint density at radius 2 is 1.56 bits per heavy atom. The molecule has 54 valence electrons. The molecule has 0 N–H and O–H groups in total. The van der Waals surface area contributed by atoms with Crippen LogP contribution in [0.1, 0.15) is 0 Å². The molecule has 9 heavy (non-hydrogen) atoms. The third-order valence-corrected chi connectivity index (χ3v) is 1.58. The summed E-state index contributed by atoms with van der Waals surface area (Å²) in [4.78, 5) is 0. The molecule has 0 amide bonds. The third-order valence-electron chi connectivity index (χ3n) is 1.58. The molecule has 0 aliphatic carbocycles. The molecule has 2 atom stereocenters.